The predicted molar refractivity (Wildman–Crippen MR) is 77.8 cm³/mol. The molecule has 0 saturated heterocycles. The summed E-state index contributed by atoms with van der Waals surface area (Å²) in [6.45, 7) is 4.28. The lowest BCUT2D eigenvalue weighted by atomic mass is 10.2. The molecular weight excluding hydrogens is 281 g/mol. The van der Waals surface area contributed by atoms with E-state index in [1.807, 2.05) is 0 Å². The van der Waals surface area contributed by atoms with Gasteiger partial charge in [-0.25, -0.2) is 4.39 Å². The number of hydrogen-bond acceptors (Lipinski definition) is 3. The molecule has 110 valence electrons. The van der Waals surface area contributed by atoms with E-state index in [1.54, 1.807) is 13.8 Å². The van der Waals surface area contributed by atoms with E-state index in [0.717, 1.165) is 6.07 Å². The minimum atomic E-state index is -3.66. The molecule has 0 atom stereocenters. The zero-order valence-corrected chi connectivity index (χ0v) is 12.3. The van der Waals surface area contributed by atoms with Crippen LogP contribution in [0.2, 0.25) is 0 Å². The van der Waals surface area contributed by atoms with Gasteiger partial charge in [0.15, 0.2) is 0 Å². The fraction of sp³-hybridized carbons (Fsp3) is 0.385. The maximum Gasteiger partial charge on any atom is 0.301 e. The van der Waals surface area contributed by atoms with Crippen LogP contribution >= 0.6 is 0 Å². The minimum Gasteiger partial charge on any atom is -0.320 e. The monoisotopic (exact) mass is 299 g/mol. The van der Waals surface area contributed by atoms with Crippen molar-refractivity contribution in [3.63, 3.8) is 0 Å². The zero-order valence-electron chi connectivity index (χ0n) is 11.5. The van der Waals surface area contributed by atoms with Gasteiger partial charge in [-0.15, -0.1) is 0 Å². The Bertz CT molecular complexity index is 616. The van der Waals surface area contributed by atoms with Crippen molar-refractivity contribution in [2.45, 2.75) is 13.8 Å². The smallest absolute Gasteiger partial charge is 0.301 e. The molecule has 0 bridgehead atoms. The topological polar surface area (TPSA) is 75.4 Å². The van der Waals surface area contributed by atoms with E-state index in [2.05, 4.69) is 16.6 Å². The van der Waals surface area contributed by atoms with E-state index in [9.17, 15) is 12.8 Å². The van der Waals surface area contributed by atoms with Gasteiger partial charge in [-0.05, 0) is 18.2 Å². The van der Waals surface area contributed by atoms with Crippen LogP contribution in [-0.2, 0) is 10.2 Å². The van der Waals surface area contributed by atoms with Crippen LogP contribution < -0.4 is 10.5 Å². The van der Waals surface area contributed by atoms with Crippen molar-refractivity contribution in [2.75, 3.05) is 24.4 Å². The van der Waals surface area contributed by atoms with Gasteiger partial charge in [-0.1, -0.05) is 25.7 Å². The van der Waals surface area contributed by atoms with E-state index in [1.165, 1.54) is 16.4 Å². The second-order valence-corrected chi connectivity index (χ2v) is 5.56. The Hall–Kier alpha value is -1.62. The molecule has 20 heavy (non-hydrogen) atoms. The summed E-state index contributed by atoms with van der Waals surface area (Å²) in [5, 5.41) is 0. The van der Waals surface area contributed by atoms with E-state index in [4.69, 9.17) is 5.73 Å². The first-order chi connectivity index (χ1) is 9.44. The molecule has 0 radical (unpaired) electrons. The lowest BCUT2D eigenvalue weighted by Gasteiger charge is -2.19. The van der Waals surface area contributed by atoms with Gasteiger partial charge < -0.3 is 5.73 Å². The summed E-state index contributed by atoms with van der Waals surface area (Å²) in [6, 6.07) is 3.98. The van der Waals surface area contributed by atoms with Crippen molar-refractivity contribution < 1.29 is 12.8 Å². The van der Waals surface area contributed by atoms with E-state index in [0.29, 0.717) is 13.1 Å². The van der Waals surface area contributed by atoms with Gasteiger partial charge in [0, 0.05) is 13.1 Å². The normalized spacial score (nSPS) is 11.1. The quantitative estimate of drug-likeness (QED) is 0.800. The van der Waals surface area contributed by atoms with Crippen molar-refractivity contribution >= 4 is 15.9 Å². The molecule has 0 amide bonds. The summed E-state index contributed by atoms with van der Waals surface area (Å²) in [4.78, 5) is 0. The molecule has 0 aliphatic rings. The SMILES string of the molecule is CCN(CC)S(=O)(=O)Nc1ccc(C#CCN)c(F)c1. The van der Waals surface area contributed by atoms with Crippen LogP contribution in [0.4, 0.5) is 10.1 Å². The highest BCUT2D eigenvalue weighted by Crippen LogP contribution is 2.16. The Kier molecular flexibility index (Phi) is 5.95. The number of nitrogens with two attached hydrogens (primary N) is 1. The van der Waals surface area contributed by atoms with Crippen LogP contribution in [-0.4, -0.2) is 32.4 Å². The highest BCUT2D eigenvalue weighted by Gasteiger charge is 2.18. The number of anilines is 1. The molecule has 1 aromatic rings. The molecule has 1 rings (SSSR count). The van der Waals surface area contributed by atoms with Crippen molar-refractivity contribution in [2.24, 2.45) is 5.73 Å². The van der Waals surface area contributed by atoms with Gasteiger partial charge >= 0.3 is 10.2 Å². The zero-order chi connectivity index (χ0) is 15.2. The fourth-order valence-corrected chi connectivity index (χ4v) is 2.84. The molecule has 5 nitrogen and oxygen atoms in total. The highest BCUT2D eigenvalue weighted by atomic mass is 32.2. The lowest BCUT2D eigenvalue weighted by Crippen LogP contribution is -2.35. The van der Waals surface area contributed by atoms with Crippen molar-refractivity contribution in [1.29, 1.82) is 0 Å². The van der Waals surface area contributed by atoms with Gasteiger partial charge in [0.1, 0.15) is 5.82 Å². The Labute approximate surface area is 119 Å². The summed E-state index contributed by atoms with van der Waals surface area (Å²) in [7, 11) is -3.66. The van der Waals surface area contributed by atoms with Crippen LogP contribution in [0, 0.1) is 17.7 Å². The summed E-state index contributed by atoms with van der Waals surface area (Å²) in [5.41, 5.74) is 5.55. The van der Waals surface area contributed by atoms with E-state index >= 15 is 0 Å². The summed E-state index contributed by atoms with van der Waals surface area (Å²) in [6.07, 6.45) is 0. The van der Waals surface area contributed by atoms with Crippen molar-refractivity contribution in [3.8, 4) is 11.8 Å². The molecule has 0 heterocycles. The molecule has 0 saturated carbocycles. The van der Waals surface area contributed by atoms with Gasteiger partial charge in [-0.3, -0.25) is 4.72 Å². The Balaban J connectivity index is 2.97. The fourth-order valence-electron chi connectivity index (χ4n) is 1.60. The van der Waals surface area contributed by atoms with Gasteiger partial charge in [0.2, 0.25) is 0 Å². The number of nitrogens with one attached hydrogen (secondary N) is 1. The molecular formula is C13H18FN3O2S. The Morgan fingerprint density at radius 3 is 2.50 bits per heavy atom. The van der Waals surface area contributed by atoms with Gasteiger partial charge in [0.05, 0.1) is 17.8 Å². The van der Waals surface area contributed by atoms with Crippen LogP contribution in [0.25, 0.3) is 0 Å². The standard InChI is InChI=1S/C13H18FN3O2S/c1-3-17(4-2)20(18,19)16-12-8-7-11(6-5-9-15)13(14)10-12/h7-8,10,16H,3-4,9,15H2,1-2H3. The third-order valence-electron chi connectivity index (χ3n) is 2.59. The lowest BCUT2D eigenvalue weighted by molar-refractivity contribution is 0.449. The van der Waals surface area contributed by atoms with E-state index < -0.39 is 16.0 Å². The second-order valence-electron chi connectivity index (χ2n) is 3.89. The van der Waals surface area contributed by atoms with Crippen LogP contribution in [0.15, 0.2) is 18.2 Å². The number of halogens is 1. The number of nitrogens with zero attached hydrogens (tertiary/aromatic N) is 1. The van der Waals surface area contributed by atoms with Crippen LogP contribution in [0.1, 0.15) is 19.4 Å². The maximum atomic E-state index is 13.7. The molecule has 0 aliphatic heterocycles. The average molecular weight is 299 g/mol. The minimum absolute atomic E-state index is 0.135. The molecule has 0 spiro atoms. The third-order valence-corrected chi connectivity index (χ3v) is 4.28. The van der Waals surface area contributed by atoms with Gasteiger partial charge in [0.25, 0.3) is 0 Å². The van der Waals surface area contributed by atoms with E-state index in [-0.39, 0.29) is 17.8 Å². The molecule has 7 heteroatoms. The summed E-state index contributed by atoms with van der Waals surface area (Å²) in [5.74, 6) is 4.52. The highest BCUT2D eigenvalue weighted by molar-refractivity contribution is 7.90. The molecule has 1 aromatic carbocycles. The largest absolute Gasteiger partial charge is 0.320 e. The van der Waals surface area contributed by atoms with Gasteiger partial charge in [-0.2, -0.15) is 12.7 Å². The molecule has 3 N–H and O–H groups in total. The molecule has 0 fully saturated rings. The second kappa shape index (κ2) is 7.24. The summed E-state index contributed by atoms with van der Waals surface area (Å²) >= 11 is 0. The first-order valence-corrected chi connectivity index (χ1v) is 7.65. The Morgan fingerprint density at radius 1 is 1.35 bits per heavy atom. The first-order valence-electron chi connectivity index (χ1n) is 6.21. The predicted octanol–water partition coefficient (Wildman–Crippen LogP) is 1.13. The molecule has 0 aromatic heterocycles. The number of hydrogen-bond donors (Lipinski definition) is 2. The third kappa shape index (κ3) is 4.20. The maximum absolute atomic E-state index is 13.7. The average Bonchev–Trinajstić information content (AvgIpc) is 2.38. The number of rotatable bonds is 5. The molecule has 0 unspecified atom stereocenters. The van der Waals surface area contributed by atoms with Crippen molar-refractivity contribution in [3.05, 3.63) is 29.6 Å². The van der Waals surface area contributed by atoms with Crippen LogP contribution in [0.3, 0.4) is 0 Å². The summed E-state index contributed by atoms with van der Waals surface area (Å²) < 4.78 is 41.3. The number of benzene rings is 1. The van der Waals surface area contributed by atoms with Crippen LogP contribution in [0.5, 0.6) is 0 Å². The first kappa shape index (κ1) is 16.4. The van der Waals surface area contributed by atoms with Crippen molar-refractivity contribution in [1.82, 2.24) is 4.31 Å². The Morgan fingerprint density at radius 2 is 2.00 bits per heavy atom. The molecule has 0 aliphatic carbocycles.